The van der Waals surface area contributed by atoms with Crippen LogP contribution >= 0.6 is 0 Å². The standard InChI is InChI=1S/C21H38N8O2/c1-17(20(30)28-9-5-6-10-28)27-11-13-29(14-12-27)21(22-8-7-15-31-4)23-16-19-25-24-18(2)26(19)3/h17H,5-16H2,1-4H3,(H,22,23). The van der Waals surface area contributed by atoms with Gasteiger partial charge in [-0.05, 0) is 33.1 Å². The van der Waals surface area contributed by atoms with Crippen LogP contribution in [0.2, 0.25) is 0 Å². The van der Waals surface area contributed by atoms with Crippen LogP contribution in [0.3, 0.4) is 0 Å². The number of rotatable bonds is 8. The Kier molecular flexibility index (Phi) is 8.65. The number of likely N-dealkylation sites (tertiary alicyclic amines) is 1. The zero-order chi connectivity index (χ0) is 22.2. The summed E-state index contributed by atoms with van der Waals surface area (Å²) in [6.45, 7) is 11.2. The number of hydrogen-bond acceptors (Lipinski definition) is 6. The number of aliphatic imine (C=N–C) groups is 1. The lowest BCUT2D eigenvalue weighted by Crippen LogP contribution is -2.57. The van der Waals surface area contributed by atoms with Crippen molar-refractivity contribution in [3.8, 4) is 0 Å². The van der Waals surface area contributed by atoms with E-state index in [2.05, 4.69) is 25.3 Å². The fraction of sp³-hybridized carbons (Fsp3) is 0.810. The third-order valence-corrected chi connectivity index (χ3v) is 6.30. The molecular formula is C21H38N8O2. The van der Waals surface area contributed by atoms with Crippen molar-refractivity contribution in [1.29, 1.82) is 0 Å². The van der Waals surface area contributed by atoms with Crippen molar-refractivity contribution in [2.45, 2.75) is 45.7 Å². The minimum absolute atomic E-state index is 0.0584. The third-order valence-electron chi connectivity index (χ3n) is 6.30. The van der Waals surface area contributed by atoms with E-state index in [1.807, 2.05) is 30.4 Å². The molecule has 0 saturated carbocycles. The van der Waals surface area contributed by atoms with Crippen molar-refractivity contribution in [2.75, 3.05) is 59.5 Å². The Balaban J connectivity index is 1.58. The van der Waals surface area contributed by atoms with Crippen molar-refractivity contribution in [1.82, 2.24) is 34.8 Å². The average molecular weight is 435 g/mol. The molecule has 1 aromatic heterocycles. The van der Waals surface area contributed by atoms with Gasteiger partial charge < -0.3 is 24.4 Å². The predicted octanol–water partition coefficient (Wildman–Crippen LogP) is 0.234. The van der Waals surface area contributed by atoms with Crippen LogP contribution in [0.4, 0.5) is 0 Å². The van der Waals surface area contributed by atoms with E-state index in [-0.39, 0.29) is 11.9 Å². The molecule has 3 rings (SSSR count). The Bertz CT molecular complexity index is 736. The van der Waals surface area contributed by atoms with Crippen LogP contribution in [-0.2, 0) is 23.1 Å². The lowest BCUT2D eigenvalue weighted by Gasteiger charge is -2.39. The first kappa shape index (κ1) is 23.5. The highest BCUT2D eigenvalue weighted by atomic mass is 16.5. The molecule has 0 aliphatic carbocycles. The van der Waals surface area contributed by atoms with Crippen molar-refractivity contribution < 1.29 is 9.53 Å². The van der Waals surface area contributed by atoms with E-state index >= 15 is 0 Å². The topological polar surface area (TPSA) is 91.1 Å². The molecule has 2 saturated heterocycles. The summed E-state index contributed by atoms with van der Waals surface area (Å²) in [5, 5.41) is 11.8. The van der Waals surface area contributed by atoms with E-state index in [1.165, 1.54) is 0 Å². The molecule has 1 unspecified atom stereocenters. The first-order valence-electron chi connectivity index (χ1n) is 11.4. The van der Waals surface area contributed by atoms with Gasteiger partial charge in [-0.3, -0.25) is 9.69 Å². The highest BCUT2D eigenvalue weighted by Gasteiger charge is 2.30. The quantitative estimate of drug-likeness (QED) is 0.356. The number of nitrogens with zero attached hydrogens (tertiary/aromatic N) is 7. The lowest BCUT2D eigenvalue weighted by atomic mass is 10.2. The fourth-order valence-electron chi connectivity index (χ4n) is 4.10. The zero-order valence-corrected chi connectivity index (χ0v) is 19.5. The van der Waals surface area contributed by atoms with Crippen LogP contribution in [0.25, 0.3) is 0 Å². The Morgan fingerprint density at radius 1 is 1.13 bits per heavy atom. The SMILES string of the molecule is COCCCNC(=NCc1nnc(C)n1C)N1CCN(C(C)C(=O)N2CCCC2)CC1. The summed E-state index contributed by atoms with van der Waals surface area (Å²) in [6.07, 6.45) is 3.18. The van der Waals surface area contributed by atoms with Gasteiger partial charge in [0, 0.05) is 66.6 Å². The van der Waals surface area contributed by atoms with Gasteiger partial charge in [0.05, 0.1) is 6.04 Å². The maximum Gasteiger partial charge on any atom is 0.239 e. The number of ether oxygens (including phenoxy) is 1. The van der Waals surface area contributed by atoms with Crippen molar-refractivity contribution in [2.24, 2.45) is 12.0 Å². The van der Waals surface area contributed by atoms with Crippen LogP contribution in [-0.4, -0.2) is 107 Å². The summed E-state index contributed by atoms with van der Waals surface area (Å²) in [6, 6.07) is -0.0584. The molecule has 0 spiro atoms. The van der Waals surface area contributed by atoms with E-state index in [0.717, 1.165) is 82.7 Å². The van der Waals surface area contributed by atoms with Gasteiger partial charge in [0.25, 0.3) is 0 Å². The molecule has 0 aromatic carbocycles. The van der Waals surface area contributed by atoms with Crippen LogP contribution in [0.5, 0.6) is 0 Å². The Morgan fingerprint density at radius 2 is 1.84 bits per heavy atom. The van der Waals surface area contributed by atoms with Crippen LogP contribution < -0.4 is 5.32 Å². The van der Waals surface area contributed by atoms with Gasteiger partial charge >= 0.3 is 0 Å². The van der Waals surface area contributed by atoms with E-state index in [4.69, 9.17) is 9.73 Å². The predicted molar refractivity (Wildman–Crippen MR) is 120 cm³/mol. The maximum atomic E-state index is 12.8. The second kappa shape index (κ2) is 11.4. The average Bonchev–Trinajstić information content (AvgIpc) is 3.44. The minimum Gasteiger partial charge on any atom is -0.385 e. The highest BCUT2D eigenvalue weighted by molar-refractivity contribution is 5.82. The van der Waals surface area contributed by atoms with E-state index in [9.17, 15) is 4.79 Å². The molecule has 10 nitrogen and oxygen atoms in total. The van der Waals surface area contributed by atoms with Crippen LogP contribution in [0.1, 0.15) is 37.8 Å². The highest BCUT2D eigenvalue weighted by Crippen LogP contribution is 2.14. The number of amides is 1. The smallest absolute Gasteiger partial charge is 0.239 e. The number of hydrogen-bond donors (Lipinski definition) is 1. The number of methoxy groups -OCH3 is 1. The Hall–Kier alpha value is -2.20. The van der Waals surface area contributed by atoms with Crippen LogP contribution in [0.15, 0.2) is 4.99 Å². The van der Waals surface area contributed by atoms with Crippen molar-refractivity contribution >= 4 is 11.9 Å². The van der Waals surface area contributed by atoms with Gasteiger partial charge in [-0.2, -0.15) is 0 Å². The van der Waals surface area contributed by atoms with Crippen molar-refractivity contribution in [3.05, 3.63) is 11.6 Å². The van der Waals surface area contributed by atoms with E-state index in [1.54, 1.807) is 7.11 Å². The zero-order valence-electron chi connectivity index (χ0n) is 19.5. The Labute approximate surface area is 185 Å². The van der Waals surface area contributed by atoms with Gasteiger partial charge in [0.15, 0.2) is 11.8 Å². The van der Waals surface area contributed by atoms with Crippen LogP contribution in [0, 0.1) is 6.92 Å². The number of guanidine groups is 1. The van der Waals surface area contributed by atoms with E-state index < -0.39 is 0 Å². The van der Waals surface area contributed by atoms with Gasteiger partial charge in [-0.15, -0.1) is 10.2 Å². The summed E-state index contributed by atoms with van der Waals surface area (Å²) < 4.78 is 7.13. The summed E-state index contributed by atoms with van der Waals surface area (Å²) in [5.41, 5.74) is 0. The van der Waals surface area contributed by atoms with Gasteiger partial charge in [-0.1, -0.05) is 0 Å². The number of carbonyl (C=O) groups is 1. The van der Waals surface area contributed by atoms with Gasteiger partial charge in [0.1, 0.15) is 12.4 Å². The maximum absolute atomic E-state index is 12.8. The number of aromatic nitrogens is 3. The molecule has 2 aliphatic rings. The van der Waals surface area contributed by atoms with Crippen molar-refractivity contribution in [3.63, 3.8) is 0 Å². The molecule has 3 heterocycles. The number of nitrogens with one attached hydrogen (secondary N) is 1. The van der Waals surface area contributed by atoms with Gasteiger partial charge in [-0.25, -0.2) is 4.99 Å². The molecule has 174 valence electrons. The monoisotopic (exact) mass is 434 g/mol. The molecule has 1 atom stereocenters. The second-order valence-electron chi connectivity index (χ2n) is 8.37. The molecule has 0 radical (unpaired) electrons. The molecule has 0 bridgehead atoms. The number of carbonyl (C=O) groups excluding carboxylic acids is 1. The lowest BCUT2D eigenvalue weighted by molar-refractivity contribution is -0.135. The molecule has 2 fully saturated rings. The summed E-state index contributed by atoms with van der Waals surface area (Å²) in [7, 11) is 3.68. The fourth-order valence-corrected chi connectivity index (χ4v) is 4.10. The largest absolute Gasteiger partial charge is 0.385 e. The molecule has 1 aromatic rings. The summed E-state index contributed by atoms with van der Waals surface area (Å²) >= 11 is 0. The molecular weight excluding hydrogens is 396 g/mol. The molecule has 10 heteroatoms. The van der Waals surface area contributed by atoms with E-state index in [0.29, 0.717) is 13.2 Å². The third kappa shape index (κ3) is 6.16. The molecule has 2 aliphatic heterocycles. The first-order valence-corrected chi connectivity index (χ1v) is 11.4. The second-order valence-corrected chi connectivity index (χ2v) is 8.37. The summed E-state index contributed by atoms with van der Waals surface area (Å²) in [4.78, 5) is 24.2. The minimum atomic E-state index is -0.0584. The first-order chi connectivity index (χ1) is 15.0. The number of piperazine rings is 1. The molecule has 1 amide bonds. The summed E-state index contributed by atoms with van der Waals surface area (Å²) in [5.74, 6) is 2.88. The number of aryl methyl sites for hydroxylation is 1. The normalized spacial score (nSPS) is 19.2. The van der Waals surface area contributed by atoms with Gasteiger partial charge in [0.2, 0.25) is 5.91 Å². The molecule has 1 N–H and O–H groups in total. The Morgan fingerprint density at radius 3 is 2.45 bits per heavy atom. The molecule has 31 heavy (non-hydrogen) atoms.